The molecule has 1 heterocycles. The Morgan fingerprint density at radius 2 is 1.88 bits per heavy atom. The molecule has 1 amide bonds. The van der Waals surface area contributed by atoms with E-state index in [0.29, 0.717) is 27.7 Å². The molecular formula is C18H15ClN2O3. The Labute approximate surface area is 143 Å². The van der Waals surface area contributed by atoms with Crippen LogP contribution in [0.25, 0.3) is 10.9 Å². The molecule has 0 aliphatic heterocycles. The molecule has 0 spiro atoms. The average molecular weight is 343 g/mol. The Morgan fingerprint density at radius 1 is 1.12 bits per heavy atom. The second kappa shape index (κ2) is 7.29. The predicted molar refractivity (Wildman–Crippen MR) is 93.7 cm³/mol. The Morgan fingerprint density at radius 3 is 2.62 bits per heavy atom. The van der Waals surface area contributed by atoms with Crippen LogP contribution in [0.5, 0.6) is 5.75 Å². The van der Waals surface area contributed by atoms with E-state index in [2.05, 4.69) is 10.3 Å². The number of benzene rings is 2. The lowest BCUT2D eigenvalue weighted by Gasteiger charge is -2.08. The highest BCUT2D eigenvalue weighted by atomic mass is 35.5. The smallest absolute Gasteiger partial charge is 0.274 e. The van der Waals surface area contributed by atoms with E-state index in [1.165, 1.54) is 0 Å². The van der Waals surface area contributed by atoms with Gasteiger partial charge >= 0.3 is 0 Å². The number of halogens is 1. The third kappa shape index (κ3) is 3.82. The minimum Gasteiger partial charge on any atom is -0.491 e. The number of aliphatic hydroxyl groups is 1. The molecule has 0 radical (unpaired) electrons. The van der Waals surface area contributed by atoms with Crippen LogP contribution in [-0.2, 0) is 0 Å². The maximum Gasteiger partial charge on any atom is 0.274 e. The first kappa shape index (κ1) is 16.2. The van der Waals surface area contributed by atoms with Gasteiger partial charge in [-0.25, -0.2) is 4.98 Å². The Bertz CT molecular complexity index is 866. The van der Waals surface area contributed by atoms with E-state index in [9.17, 15) is 4.79 Å². The zero-order valence-corrected chi connectivity index (χ0v) is 13.5. The number of rotatable bonds is 5. The van der Waals surface area contributed by atoms with Crippen LogP contribution in [0.15, 0.2) is 54.6 Å². The van der Waals surface area contributed by atoms with Crippen molar-refractivity contribution in [1.29, 1.82) is 0 Å². The molecule has 0 aliphatic rings. The second-order valence-corrected chi connectivity index (χ2v) is 5.52. The average Bonchev–Trinajstić information content (AvgIpc) is 2.60. The van der Waals surface area contributed by atoms with Crippen molar-refractivity contribution in [3.05, 3.63) is 65.3 Å². The van der Waals surface area contributed by atoms with E-state index in [1.807, 2.05) is 12.1 Å². The summed E-state index contributed by atoms with van der Waals surface area (Å²) < 4.78 is 5.27. The molecule has 0 saturated carbocycles. The lowest BCUT2D eigenvalue weighted by Crippen LogP contribution is -2.13. The van der Waals surface area contributed by atoms with E-state index in [4.69, 9.17) is 21.4 Å². The first-order chi connectivity index (χ1) is 11.7. The van der Waals surface area contributed by atoms with Crippen LogP contribution in [0.4, 0.5) is 5.69 Å². The van der Waals surface area contributed by atoms with Gasteiger partial charge in [-0.2, -0.15) is 0 Å². The standard InChI is InChI=1S/C18H15ClN2O3/c19-13-3-1-12-2-8-16(21-17(12)11-13)18(23)20-14-4-6-15(7-5-14)24-10-9-22/h1-8,11,22H,9-10H2,(H,20,23). The number of carbonyl (C=O) groups is 1. The first-order valence-electron chi connectivity index (χ1n) is 7.37. The van der Waals surface area contributed by atoms with Gasteiger partial charge in [-0.3, -0.25) is 4.79 Å². The van der Waals surface area contributed by atoms with Crippen LogP contribution < -0.4 is 10.1 Å². The molecule has 2 aromatic carbocycles. The molecule has 0 fully saturated rings. The summed E-state index contributed by atoms with van der Waals surface area (Å²) in [6, 6.07) is 15.8. The van der Waals surface area contributed by atoms with Crippen LogP contribution in [0, 0.1) is 0 Å². The molecule has 24 heavy (non-hydrogen) atoms. The zero-order valence-electron chi connectivity index (χ0n) is 12.7. The Kier molecular flexibility index (Phi) is 4.93. The number of hydrogen-bond donors (Lipinski definition) is 2. The number of ether oxygens (including phenoxy) is 1. The number of nitrogens with zero attached hydrogens (tertiary/aromatic N) is 1. The SMILES string of the molecule is O=C(Nc1ccc(OCCO)cc1)c1ccc2ccc(Cl)cc2n1. The third-order valence-corrected chi connectivity index (χ3v) is 3.59. The molecule has 6 heteroatoms. The van der Waals surface area contributed by atoms with E-state index < -0.39 is 0 Å². The first-order valence-corrected chi connectivity index (χ1v) is 7.75. The summed E-state index contributed by atoms with van der Waals surface area (Å²) in [4.78, 5) is 16.7. The van der Waals surface area contributed by atoms with Gasteiger partial charge in [0.2, 0.25) is 0 Å². The predicted octanol–water partition coefficient (Wildman–Crippen LogP) is 3.51. The van der Waals surface area contributed by atoms with Crippen LogP contribution >= 0.6 is 11.6 Å². The van der Waals surface area contributed by atoms with Crippen LogP contribution in [0.3, 0.4) is 0 Å². The number of carbonyl (C=O) groups excluding carboxylic acids is 1. The molecule has 3 aromatic rings. The van der Waals surface area contributed by atoms with Gasteiger partial charge in [0.15, 0.2) is 0 Å². The summed E-state index contributed by atoms with van der Waals surface area (Å²) in [5.41, 5.74) is 1.61. The molecule has 0 aliphatic carbocycles. The Balaban J connectivity index is 1.74. The van der Waals surface area contributed by atoms with E-state index >= 15 is 0 Å². The lowest BCUT2D eigenvalue weighted by atomic mass is 10.2. The van der Waals surface area contributed by atoms with Crippen molar-refractivity contribution in [2.75, 3.05) is 18.5 Å². The molecule has 0 unspecified atom stereocenters. The van der Waals surface area contributed by atoms with Crippen molar-refractivity contribution < 1.29 is 14.6 Å². The van der Waals surface area contributed by atoms with Gasteiger partial charge < -0.3 is 15.2 Å². The quantitative estimate of drug-likeness (QED) is 0.744. The summed E-state index contributed by atoms with van der Waals surface area (Å²) >= 11 is 5.96. The van der Waals surface area contributed by atoms with Crippen molar-refractivity contribution in [2.45, 2.75) is 0 Å². The maximum absolute atomic E-state index is 12.3. The van der Waals surface area contributed by atoms with Crippen LogP contribution in [0.1, 0.15) is 10.5 Å². The molecule has 0 saturated heterocycles. The number of nitrogens with one attached hydrogen (secondary N) is 1. The van der Waals surface area contributed by atoms with Gasteiger partial charge in [-0.05, 0) is 42.5 Å². The van der Waals surface area contributed by atoms with Crippen molar-refractivity contribution in [3.8, 4) is 5.75 Å². The molecule has 2 N–H and O–H groups in total. The number of anilines is 1. The van der Waals surface area contributed by atoms with Crippen molar-refractivity contribution >= 4 is 34.1 Å². The van der Waals surface area contributed by atoms with Gasteiger partial charge in [0.1, 0.15) is 18.1 Å². The minimum absolute atomic E-state index is 0.0455. The lowest BCUT2D eigenvalue weighted by molar-refractivity contribution is 0.102. The normalized spacial score (nSPS) is 10.6. The number of fused-ring (bicyclic) bond motifs is 1. The van der Waals surface area contributed by atoms with Crippen LogP contribution in [-0.4, -0.2) is 29.2 Å². The molecule has 122 valence electrons. The third-order valence-electron chi connectivity index (χ3n) is 3.36. The topological polar surface area (TPSA) is 71.5 Å². The molecule has 3 rings (SSSR count). The van der Waals surface area contributed by atoms with E-state index in [1.54, 1.807) is 42.5 Å². The monoisotopic (exact) mass is 342 g/mol. The fourth-order valence-corrected chi connectivity index (χ4v) is 2.38. The summed E-state index contributed by atoms with van der Waals surface area (Å²) in [6.07, 6.45) is 0. The van der Waals surface area contributed by atoms with Gasteiger partial charge in [-0.15, -0.1) is 0 Å². The highest BCUT2D eigenvalue weighted by Gasteiger charge is 2.09. The van der Waals surface area contributed by atoms with Crippen molar-refractivity contribution in [3.63, 3.8) is 0 Å². The Hall–Kier alpha value is -2.63. The largest absolute Gasteiger partial charge is 0.491 e. The highest BCUT2D eigenvalue weighted by Crippen LogP contribution is 2.19. The zero-order chi connectivity index (χ0) is 16.9. The summed E-state index contributed by atoms with van der Waals surface area (Å²) in [5, 5.41) is 13.0. The van der Waals surface area contributed by atoms with E-state index in [-0.39, 0.29) is 19.1 Å². The minimum atomic E-state index is -0.305. The molecular weight excluding hydrogens is 328 g/mol. The number of aromatic nitrogens is 1. The second-order valence-electron chi connectivity index (χ2n) is 5.08. The highest BCUT2D eigenvalue weighted by molar-refractivity contribution is 6.31. The fourth-order valence-electron chi connectivity index (χ4n) is 2.21. The van der Waals surface area contributed by atoms with Gasteiger partial charge in [0.25, 0.3) is 5.91 Å². The maximum atomic E-state index is 12.3. The van der Waals surface area contributed by atoms with Crippen molar-refractivity contribution in [1.82, 2.24) is 4.98 Å². The summed E-state index contributed by atoms with van der Waals surface area (Å²) in [5.74, 6) is 0.321. The molecule has 0 bridgehead atoms. The van der Waals surface area contributed by atoms with Gasteiger partial charge in [-0.1, -0.05) is 23.7 Å². The number of aliphatic hydroxyl groups excluding tert-OH is 1. The fraction of sp³-hybridized carbons (Fsp3) is 0.111. The number of pyridine rings is 1. The van der Waals surface area contributed by atoms with Gasteiger partial charge in [0, 0.05) is 16.1 Å². The van der Waals surface area contributed by atoms with Crippen molar-refractivity contribution in [2.24, 2.45) is 0 Å². The number of hydrogen-bond acceptors (Lipinski definition) is 4. The van der Waals surface area contributed by atoms with Crippen LogP contribution in [0.2, 0.25) is 5.02 Å². The number of amides is 1. The summed E-state index contributed by atoms with van der Waals surface area (Å²) in [6.45, 7) is 0.186. The van der Waals surface area contributed by atoms with E-state index in [0.717, 1.165) is 5.39 Å². The summed E-state index contributed by atoms with van der Waals surface area (Å²) in [7, 11) is 0. The van der Waals surface area contributed by atoms with Gasteiger partial charge in [0.05, 0.1) is 12.1 Å². The molecule has 1 aromatic heterocycles. The molecule has 0 atom stereocenters. The molecule has 5 nitrogen and oxygen atoms in total.